The lowest BCUT2D eigenvalue weighted by Gasteiger charge is -2.66. The summed E-state index contributed by atoms with van der Waals surface area (Å²) in [4.78, 5) is 56.1. The third kappa shape index (κ3) is 5.85. The number of pyridine rings is 1. The highest BCUT2D eigenvalue weighted by Gasteiger charge is 2.71. The van der Waals surface area contributed by atoms with Gasteiger partial charge in [0.15, 0.2) is 0 Å². The van der Waals surface area contributed by atoms with E-state index in [1.165, 1.54) is 21.0 Å². The lowest BCUT2D eigenvalue weighted by Crippen LogP contribution is -2.71. The van der Waals surface area contributed by atoms with Gasteiger partial charge in [-0.25, -0.2) is 9.59 Å². The Morgan fingerprint density at radius 1 is 1.02 bits per heavy atom. The first-order valence-electron chi connectivity index (χ1n) is 16.3. The molecule has 6 rings (SSSR count). The molecule has 12 nitrogen and oxygen atoms in total. The number of methoxy groups -OCH3 is 1. The van der Waals surface area contributed by atoms with Crippen LogP contribution in [0.15, 0.2) is 64.1 Å². The molecule has 3 aromatic rings. The first-order chi connectivity index (χ1) is 23.2. The molecule has 2 saturated carbocycles. The van der Waals surface area contributed by atoms with E-state index in [0.717, 1.165) is 0 Å². The number of rotatable bonds is 7. The molecule has 1 aliphatic heterocycles. The Morgan fingerprint density at radius 2 is 1.80 bits per heavy atom. The topological polar surface area (TPSA) is 161 Å². The third-order valence-corrected chi connectivity index (χ3v) is 11.0. The van der Waals surface area contributed by atoms with Gasteiger partial charge in [-0.15, -0.1) is 0 Å². The number of nitrogens with zero attached hydrogens (tertiary/aromatic N) is 1. The van der Waals surface area contributed by atoms with E-state index in [-0.39, 0.29) is 35.7 Å². The Bertz CT molecular complexity index is 1820. The van der Waals surface area contributed by atoms with Crippen LogP contribution in [0.5, 0.6) is 11.5 Å². The highest BCUT2D eigenvalue weighted by molar-refractivity contribution is 5.90. The van der Waals surface area contributed by atoms with Crippen molar-refractivity contribution in [1.29, 1.82) is 0 Å². The summed E-state index contributed by atoms with van der Waals surface area (Å²) in [5.41, 5.74) is -3.16. The number of ether oxygens (including phenoxy) is 5. The van der Waals surface area contributed by atoms with E-state index < -0.39 is 70.1 Å². The van der Waals surface area contributed by atoms with E-state index in [1.54, 1.807) is 61.8 Å². The average Bonchev–Trinajstić information content (AvgIpc) is 3.06. The zero-order valence-electron chi connectivity index (χ0n) is 28.4. The predicted molar refractivity (Wildman–Crippen MR) is 174 cm³/mol. The van der Waals surface area contributed by atoms with E-state index in [9.17, 15) is 24.3 Å². The number of benzene rings is 1. The second-order valence-electron chi connectivity index (χ2n) is 14.0. The molecular weight excluding hydrogens is 634 g/mol. The minimum absolute atomic E-state index is 0.0429. The maximum Gasteiger partial charge on any atom is 0.345 e. The molecule has 3 aliphatic rings. The molecule has 2 aliphatic carbocycles. The second-order valence-corrected chi connectivity index (χ2v) is 14.0. The van der Waals surface area contributed by atoms with Crippen LogP contribution in [0, 0.1) is 22.7 Å². The zero-order chi connectivity index (χ0) is 35.3. The fourth-order valence-corrected chi connectivity index (χ4v) is 8.78. The zero-order valence-corrected chi connectivity index (χ0v) is 28.4. The van der Waals surface area contributed by atoms with Gasteiger partial charge >= 0.3 is 23.5 Å². The molecule has 0 amide bonds. The molecular formula is C37H41NO11. The monoisotopic (exact) mass is 675 g/mol. The first kappa shape index (κ1) is 34.2. The van der Waals surface area contributed by atoms with Crippen molar-refractivity contribution in [3.8, 4) is 22.8 Å². The lowest BCUT2D eigenvalue weighted by atomic mass is 9.42. The molecule has 2 fully saturated rings. The summed E-state index contributed by atoms with van der Waals surface area (Å²) >= 11 is 0. The molecule has 260 valence electrons. The number of esters is 3. The summed E-state index contributed by atoms with van der Waals surface area (Å²) in [6.07, 6.45) is 1.15. The average molecular weight is 676 g/mol. The molecule has 2 aromatic heterocycles. The van der Waals surface area contributed by atoms with Crippen molar-refractivity contribution in [3.63, 3.8) is 0 Å². The predicted octanol–water partition coefficient (Wildman–Crippen LogP) is 5.06. The van der Waals surface area contributed by atoms with Crippen LogP contribution in [0.4, 0.5) is 0 Å². The van der Waals surface area contributed by atoms with Gasteiger partial charge in [0, 0.05) is 49.2 Å². The maximum absolute atomic E-state index is 13.8. The summed E-state index contributed by atoms with van der Waals surface area (Å²) in [6.45, 7) is 8.20. The van der Waals surface area contributed by atoms with Gasteiger partial charge in [-0.05, 0) is 67.9 Å². The van der Waals surface area contributed by atoms with Gasteiger partial charge in [-0.2, -0.15) is 0 Å². The molecule has 3 unspecified atom stereocenters. The number of aromatic nitrogens is 1. The molecule has 1 N–H and O–H groups in total. The molecule has 1 aromatic carbocycles. The molecule has 0 bridgehead atoms. The van der Waals surface area contributed by atoms with Crippen LogP contribution in [0.25, 0.3) is 11.3 Å². The van der Waals surface area contributed by atoms with Crippen molar-refractivity contribution in [2.24, 2.45) is 22.7 Å². The summed E-state index contributed by atoms with van der Waals surface area (Å²) in [7, 11) is 1.50. The fourth-order valence-electron chi connectivity index (χ4n) is 8.78. The van der Waals surface area contributed by atoms with E-state index in [4.69, 9.17) is 28.1 Å². The molecule has 0 saturated heterocycles. The van der Waals surface area contributed by atoms with Gasteiger partial charge in [0.25, 0.3) is 0 Å². The van der Waals surface area contributed by atoms with E-state index in [2.05, 4.69) is 4.98 Å². The van der Waals surface area contributed by atoms with Gasteiger partial charge in [0.1, 0.15) is 47.2 Å². The smallest absolute Gasteiger partial charge is 0.345 e. The molecule has 0 radical (unpaired) electrons. The normalized spacial score (nSPS) is 31.5. The number of hydrogen-bond donors (Lipinski definition) is 1. The van der Waals surface area contributed by atoms with Crippen molar-refractivity contribution in [3.05, 3.63) is 76.4 Å². The number of aliphatic hydroxyl groups is 1. The van der Waals surface area contributed by atoms with Crippen molar-refractivity contribution >= 4 is 17.9 Å². The highest BCUT2D eigenvalue weighted by Crippen LogP contribution is 2.67. The SMILES string of the molecule is COc1cccc(C(=O)O[C@H]2CC3C(C)(COC(C)=O)[C@@H](OC(C)=O)CC[C@]3(C)C3[C@@H](O)c4c(cc(-c5cccnc5)oc4=O)O[C@@]32C)c1. The third-order valence-electron chi connectivity index (χ3n) is 11.0. The molecule has 49 heavy (non-hydrogen) atoms. The number of carbonyl (C=O) groups is 3. The Balaban J connectivity index is 1.50. The molecule has 0 spiro atoms. The van der Waals surface area contributed by atoms with Gasteiger partial charge in [0.2, 0.25) is 0 Å². The standard InChI is InChI=1S/C37H41NO11/c1-20(39)45-19-36(4)27-17-29(48-33(42)22-9-7-11-24(15-22)44-6)37(5)32(35(27,3)13-12-28(36)46-21(2)40)31(41)30-26(49-37)16-25(47-34(30)43)23-10-8-14-38-18-23/h7-11,14-16,18,27-29,31-32,41H,12-13,17,19H2,1-6H3/t27?,28-,29-,31-,32?,35-,36?,37+/m0/s1. The summed E-state index contributed by atoms with van der Waals surface area (Å²) in [6, 6.07) is 11.5. The van der Waals surface area contributed by atoms with Gasteiger partial charge in [0.05, 0.1) is 18.8 Å². The Morgan fingerprint density at radius 3 is 2.47 bits per heavy atom. The second kappa shape index (κ2) is 12.6. The quantitative estimate of drug-likeness (QED) is 0.262. The van der Waals surface area contributed by atoms with Crippen LogP contribution in [-0.4, -0.2) is 59.5 Å². The van der Waals surface area contributed by atoms with Crippen LogP contribution in [0.1, 0.15) is 75.9 Å². The number of aliphatic hydroxyl groups excluding tert-OH is 1. The van der Waals surface area contributed by atoms with Crippen LogP contribution in [0.3, 0.4) is 0 Å². The minimum atomic E-state index is -1.40. The van der Waals surface area contributed by atoms with E-state index in [1.807, 2.05) is 13.8 Å². The van der Waals surface area contributed by atoms with Crippen LogP contribution in [-0.2, 0) is 23.8 Å². The summed E-state index contributed by atoms with van der Waals surface area (Å²) in [5, 5.41) is 12.3. The van der Waals surface area contributed by atoms with Crippen LogP contribution < -0.4 is 15.1 Å². The lowest BCUT2D eigenvalue weighted by molar-refractivity contribution is -0.266. The Labute approximate surface area is 283 Å². The van der Waals surface area contributed by atoms with E-state index >= 15 is 0 Å². The molecule has 8 atom stereocenters. The summed E-state index contributed by atoms with van der Waals surface area (Å²) in [5.74, 6) is -2.14. The number of carbonyl (C=O) groups excluding carboxylic acids is 3. The number of fused-ring (bicyclic) bond motifs is 4. The van der Waals surface area contributed by atoms with Crippen molar-refractivity contribution < 1.29 is 47.6 Å². The Kier molecular flexibility index (Phi) is 8.81. The van der Waals surface area contributed by atoms with Crippen LogP contribution >= 0.6 is 0 Å². The van der Waals surface area contributed by atoms with Gasteiger partial charge in [-0.1, -0.05) is 19.9 Å². The van der Waals surface area contributed by atoms with Crippen molar-refractivity contribution in [2.75, 3.05) is 13.7 Å². The summed E-state index contributed by atoms with van der Waals surface area (Å²) < 4.78 is 35.6. The van der Waals surface area contributed by atoms with Crippen LogP contribution in [0.2, 0.25) is 0 Å². The minimum Gasteiger partial charge on any atom is -0.497 e. The number of hydrogen-bond acceptors (Lipinski definition) is 12. The van der Waals surface area contributed by atoms with Gasteiger partial charge < -0.3 is 33.2 Å². The van der Waals surface area contributed by atoms with E-state index in [0.29, 0.717) is 24.2 Å². The van der Waals surface area contributed by atoms with Gasteiger partial charge in [-0.3, -0.25) is 14.6 Å². The Hall–Kier alpha value is -4.71. The maximum atomic E-state index is 13.8. The highest BCUT2D eigenvalue weighted by atomic mass is 16.6. The first-order valence-corrected chi connectivity index (χ1v) is 16.3. The molecule has 12 heteroatoms. The molecule has 3 heterocycles. The largest absolute Gasteiger partial charge is 0.497 e. The van der Waals surface area contributed by atoms with Crippen molar-refractivity contribution in [1.82, 2.24) is 4.98 Å². The van der Waals surface area contributed by atoms with Crippen molar-refractivity contribution in [2.45, 2.75) is 77.8 Å². The fraction of sp³-hybridized carbons (Fsp3) is 0.486.